The van der Waals surface area contributed by atoms with Crippen LogP contribution in [-0.4, -0.2) is 23.8 Å². The van der Waals surface area contributed by atoms with Crippen LogP contribution in [0.15, 0.2) is 88.2 Å². The molecule has 9 heteroatoms. The number of hydrogen-bond donors (Lipinski definition) is 0. The minimum Gasteiger partial charge on any atom is -0.480 e. The van der Waals surface area contributed by atoms with Crippen molar-refractivity contribution in [3.63, 3.8) is 0 Å². The largest absolute Gasteiger partial charge is 0.480 e. The lowest BCUT2D eigenvalue weighted by Gasteiger charge is -2.25. The van der Waals surface area contributed by atoms with Crippen LogP contribution < -0.4 is 19.6 Å². The Hall–Kier alpha value is -4.45. The van der Waals surface area contributed by atoms with Gasteiger partial charge in [-0.2, -0.15) is 0 Å². The number of ether oxygens (including phenoxy) is 2. The smallest absolute Gasteiger partial charge is 0.338 e. The van der Waals surface area contributed by atoms with Crippen molar-refractivity contribution >= 4 is 40.7 Å². The van der Waals surface area contributed by atoms with Crippen molar-refractivity contribution < 1.29 is 18.7 Å². The van der Waals surface area contributed by atoms with Crippen molar-refractivity contribution in [1.82, 2.24) is 4.57 Å². The zero-order valence-corrected chi connectivity index (χ0v) is 22.8. The molecule has 40 heavy (non-hydrogen) atoms. The van der Waals surface area contributed by atoms with Gasteiger partial charge in [0.05, 0.1) is 28.5 Å². The Labute approximate surface area is 238 Å². The third kappa shape index (κ3) is 5.34. The molecule has 0 saturated carbocycles. The first kappa shape index (κ1) is 27.1. The number of carbonyl (C=O) groups is 1. The van der Waals surface area contributed by atoms with E-state index in [0.717, 1.165) is 11.3 Å². The molecule has 0 spiro atoms. The van der Waals surface area contributed by atoms with E-state index in [4.69, 9.17) is 32.5 Å². The van der Waals surface area contributed by atoms with Gasteiger partial charge in [0.25, 0.3) is 5.56 Å². The van der Waals surface area contributed by atoms with Crippen molar-refractivity contribution in [2.75, 3.05) is 13.2 Å². The summed E-state index contributed by atoms with van der Waals surface area (Å²) in [5, 5.41) is 0.451. The number of benzene rings is 3. The van der Waals surface area contributed by atoms with Crippen LogP contribution in [0, 0.1) is 18.2 Å². The quantitative estimate of drug-likeness (QED) is 0.237. The normalized spacial score (nSPS) is 14.8. The molecule has 0 fully saturated rings. The Morgan fingerprint density at radius 3 is 2.62 bits per heavy atom. The second-order valence-electron chi connectivity index (χ2n) is 8.66. The number of terminal acetylenes is 1. The van der Waals surface area contributed by atoms with E-state index in [1.807, 2.05) is 30.3 Å². The van der Waals surface area contributed by atoms with Gasteiger partial charge < -0.3 is 9.47 Å². The molecule has 1 aliphatic rings. The zero-order chi connectivity index (χ0) is 28.2. The van der Waals surface area contributed by atoms with Gasteiger partial charge in [-0.1, -0.05) is 71.3 Å². The summed E-state index contributed by atoms with van der Waals surface area (Å²) in [6, 6.07) is 19.0. The fourth-order valence-electron chi connectivity index (χ4n) is 4.43. The molecule has 1 aliphatic heterocycles. The molecule has 4 aromatic rings. The topological polar surface area (TPSA) is 69.9 Å². The fourth-order valence-corrected chi connectivity index (χ4v) is 5.60. The van der Waals surface area contributed by atoms with E-state index in [1.165, 1.54) is 16.7 Å². The predicted octanol–water partition coefficient (Wildman–Crippen LogP) is 4.74. The lowest BCUT2D eigenvalue weighted by atomic mass is 9.93. The van der Waals surface area contributed by atoms with Crippen molar-refractivity contribution in [1.29, 1.82) is 0 Å². The molecule has 0 saturated heterocycles. The number of esters is 1. The molecule has 2 heterocycles. The molecule has 5 rings (SSSR count). The van der Waals surface area contributed by atoms with E-state index < -0.39 is 23.4 Å². The summed E-state index contributed by atoms with van der Waals surface area (Å²) in [5.41, 5.74) is 1.92. The van der Waals surface area contributed by atoms with Gasteiger partial charge in [0, 0.05) is 16.1 Å². The van der Waals surface area contributed by atoms with Gasteiger partial charge in [0.15, 0.2) is 4.80 Å². The number of fused-ring (bicyclic) bond motifs is 1. The van der Waals surface area contributed by atoms with Crippen LogP contribution >= 0.6 is 22.9 Å². The summed E-state index contributed by atoms with van der Waals surface area (Å²) in [4.78, 5) is 32.6. The Bertz CT molecular complexity index is 1840. The predicted molar refractivity (Wildman–Crippen MR) is 153 cm³/mol. The first-order valence-corrected chi connectivity index (χ1v) is 13.5. The van der Waals surface area contributed by atoms with Gasteiger partial charge in [-0.25, -0.2) is 14.2 Å². The highest BCUT2D eigenvalue weighted by Crippen LogP contribution is 2.35. The highest BCUT2D eigenvalue weighted by molar-refractivity contribution is 7.07. The van der Waals surface area contributed by atoms with Crippen molar-refractivity contribution in [3.05, 3.63) is 126 Å². The van der Waals surface area contributed by atoms with Crippen LogP contribution in [0.3, 0.4) is 0 Å². The van der Waals surface area contributed by atoms with Crippen LogP contribution in [0.2, 0.25) is 5.02 Å². The van der Waals surface area contributed by atoms with E-state index in [0.29, 0.717) is 42.5 Å². The maximum Gasteiger partial charge on any atom is 0.338 e. The summed E-state index contributed by atoms with van der Waals surface area (Å²) in [7, 11) is 0. The molecular formula is C31H22ClFN2O4S. The molecule has 3 aromatic carbocycles. The first-order chi connectivity index (χ1) is 19.4. The number of carbonyl (C=O) groups excluding carboxylic acids is 1. The third-order valence-corrected chi connectivity index (χ3v) is 7.35. The van der Waals surface area contributed by atoms with E-state index in [2.05, 4.69) is 5.92 Å². The highest BCUT2D eigenvalue weighted by atomic mass is 35.5. The summed E-state index contributed by atoms with van der Waals surface area (Å²) >= 11 is 7.39. The highest BCUT2D eigenvalue weighted by Gasteiger charge is 2.35. The number of halogens is 2. The Morgan fingerprint density at radius 2 is 1.93 bits per heavy atom. The molecule has 0 N–H and O–H groups in total. The first-order valence-electron chi connectivity index (χ1n) is 12.3. The monoisotopic (exact) mass is 572 g/mol. The molecule has 0 aliphatic carbocycles. The maximum atomic E-state index is 14.0. The Balaban J connectivity index is 1.81. The van der Waals surface area contributed by atoms with E-state index in [-0.39, 0.29) is 18.8 Å². The van der Waals surface area contributed by atoms with Gasteiger partial charge >= 0.3 is 5.97 Å². The minimum absolute atomic E-state index is 0.0393. The van der Waals surface area contributed by atoms with Gasteiger partial charge in [0.1, 0.15) is 18.2 Å². The number of thiazole rings is 1. The molecule has 0 amide bonds. The summed E-state index contributed by atoms with van der Waals surface area (Å²) in [6.45, 7) is 1.87. The van der Waals surface area contributed by atoms with Crippen LogP contribution in [0.4, 0.5) is 4.39 Å². The summed E-state index contributed by atoms with van der Waals surface area (Å²) in [6.07, 6.45) is 7.01. The van der Waals surface area contributed by atoms with Crippen molar-refractivity contribution in [3.8, 4) is 18.1 Å². The van der Waals surface area contributed by atoms with E-state index >= 15 is 0 Å². The van der Waals surface area contributed by atoms with E-state index in [9.17, 15) is 14.0 Å². The number of rotatable bonds is 7. The Morgan fingerprint density at radius 1 is 1.18 bits per heavy atom. The van der Waals surface area contributed by atoms with E-state index in [1.54, 1.807) is 43.3 Å². The van der Waals surface area contributed by atoms with Gasteiger partial charge in [0.2, 0.25) is 0 Å². The summed E-state index contributed by atoms with van der Waals surface area (Å²) in [5.74, 6) is 1.82. The molecule has 200 valence electrons. The van der Waals surface area contributed by atoms with Crippen molar-refractivity contribution in [2.45, 2.75) is 13.0 Å². The molecular weight excluding hydrogens is 551 g/mol. The lowest BCUT2D eigenvalue weighted by molar-refractivity contribution is -0.138. The molecule has 6 nitrogen and oxygen atoms in total. The fraction of sp³-hybridized carbons (Fsp3) is 0.129. The lowest BCUT2D eigenvalue weighted by Crippen LogP contribution is -2.40. The zero-order valence-electron chi connectivity index (χ0n) is 21.3. The standard InChI is InChI=1S/C31H22ClFN2O4S/c1-3-16-39-24-15-12-22(32)17-21(24)18-25-29(36)35-28(20-10-13-23(33)14-11-20)26(30(37)38-4-2)27(34-31(35)40-25)19-8-6-5-7-9-19/h1,5-15,17-18,28H,4,16H2,2H3/b25-18-/t28-/m1/s1. The number of nitrogens with zero attached hydrogens (tertiary/aromatic N) is 2. The molecule has 1 aromatic heterocycles. The van der Waals surface area contributed by atoms with Gasteiger partial charge in [-0.05, 0) is 48.9 Å². The minimum atomic E-state index is -0.912. The average molecular weight is 573 g/mol. The second-order valence-corrected chi connectivity index (χ2v) is 10.1. The molecule has 1 atom stereocenters. The van der Waals surface area contributed by atoms with Crippen LogP contribution in [-0.2, 0) is 9.53 Å². The average Bonchev–Trinajstić information content (AvgIpc) is 3.27. The number of aromatic nitrogens is 1. The van der Waals surface area contributed by atoms with Crippen molar-refractivity contribution in [2.24, 2.45) is 4.99 Å². The van der Waals surface area contributed by atoms with Crippen LogP contribution in [0.25, 0.3) is 11.8 Å². The SMILES string of the molecule is C#CCOc1ccc(Cl)cc1/C=c1\sc2n(c1=O)[C@H](c1ccc(F)cc1)C(C(=O)OCC)=C(c1ccccc1)N=2. The van der Waals surface area contributed by atoms with Gasteiger partial charge in [-0.15, -0.1) is 6.42 Å². The van der Waals surface area contributed by atoms with Crippen LogP contribution in [0.5, 0.6) is 5.75 Å². The summed E-state index contributed by atoms with van der Waals surface area (Å²) < 4.78 is 26.8. The molecule has 0 radical (unpaired) electrons. The molecule has 0 bridgehead atoms. The maximum absolute atomic E-state index is 14.0. The third-order valence-electron chi connectivity index (χ3n) is 6.13. The number of hydrogen-bond acceptors (Lipinski definition) is 6. The van der Waals surface area contributed by atoms with Crippen LogP contribution in [0.1, 0.15) is 29.7 Å². The Kier molecular flexibility index (Phi) is 7.96. The van der Waals surface area contributed by atoms with Gasteiger partial charge in [-0.3, -0.25) is 9.36 Å². The molecule has 0 unspecified atom stereocenters. The second kappa shape index (κ2) is 11.7.